The predicted molar refractivity (Wildman–Crippen MR) is 69.0 cm³/mol. The fraction of sp³-hybridized carbons (Fsp3) is 0.846. The lowest BCUT2D eigenvalue weighted by molar-refractivity contribution is 0.403. The molecule has 0 bridgehead atoms. The van der Waals surface area contributed by atoms with Crippen molar-refractivity contribution in [2.24, 2.45) is 0 Å². The molecule has 0 aliphatic heterocycles. The van der Waals surface area contributed by atoms with E-state index in [1.165, 1.54) is 31.5 Å². The molecule has 1 aromatic heterocycles. The van der Waals surface area contributed by atoms with Crippen LogP contribution in [-0.2, 0) is 12.0 Å². The van der Waals surface area contributed by atoms with Crippen LogP contribution in [-0.4, -0.2) is 27.4 Å². The molecule has 0 radical (unpaired) electrons. The summed E-state index contributed by atoms with van der Waals surface area (Å²) in [6, 6.07) is 0.655. The average Bonchev–Trinajstić information content (AvgIpc) is 2.93. The highest BCUT2D eigenvalue weighted by atomic mass is 15.3. The molecule has 1 N–H and O–H groups in total. The standard InChI is InChI=1S/C13H24N4/c1-4-8-14-11-6-7-13(3,9-11)12-15-10-16-17(12)5-2/h10-11,14H,4-9H2,1-3H3. The van der Waals surface area contributed by atoms with Gasteiger partial charge in [0.05, 0.1) is 0 Å². The molecule has 4 heteroatoms. The lowest BCUT2D eigenvalue weighted by Gasteiger charge is -2.23. The molecule has 1 aliphatic rings. The van der Waals surface area contributed by atoms with Crippen LogP contribution in [0.1, 0.15) is 52.3 Å². The quantitative estimate of drug-likeness (QED) is 0.851. The summed E-state index contributed by atoms with van der Waals surface area (Å²) in [6.45, 7) is 8.72. The third-order valence-corrected chi connectivity index (χ3v) is 3.88. The Labute approximate surface area is 104 Å². The number of nitrogens with zero attached hydrogens (tertiary/aromatic N) is 3. The van der Waals surface area contributed by atoms with E-state index < -0.39 is 0 Å². The van der Waals surface area contributed by atoms with Gasteiger partial charge in [0.15, 0.2) is 0 Å². The van der Waals surface area contributed by atoms with Crippen LogP contribution in [0.3, 0.4) is 0 Å². The minimum absolute atomic E-state index is 0.206. The van der Waals surface area contributed by atoms with Crippen molar-refractivity contribution in [3.8, 4) is 0 Å². The molecule has 0 saturated heterocycles. The molecule has 0 spiro atoms. The molecule has 17 heavy (non-hydrogen) atoms. The highest BCUT2D eigenvalue weighted by Gasteiger charge is 2.39. The zero-order chi connectivity index (χ0) is 12.3. The van der Waals surface area contributed by atoms with Gasteiger partial charge in [0.1, 0.15) is 12.2 Å². The fourth-order valence-electron chi connectivity index (χ4n) is 2.93. The normalized spacial score (nSPS) is 28.8. The van der Waals surface area contributed by atoms with E-state index in [0.29, 0.717) is 6.04 Å². The van der Waals surface area contributed by atoms with Crippen LogP contribution in [0.5, 0.6) is 0 Å². The maximum Gasteiger partial charge on any atom is 0.138 e. The molecule has 0 aromatic carbocycles. The van der Waals surface area contributed by atoms with Gasteiger partial charge in [-0.25, -0.2) is 9.67 Å². The van der Waals surface area contributed by atoms with Crippen LogP contribution in [0.4, 0.5) is 0 Å². The van der Waals surface area contributed by atoms with Crippen molar-refractivity contribution in [2.45, 2.75) is 64.5 Å². The molecule has 0 amide bonds. The third-order valence-electron chi connectivity index (χ3n) is 3.88. The van der Waals surface area contributed by atoms with Gasteiger partial charge in [0.25, 0.3) is 0 Å². The first-order valence-electron chi connectivity index (χ1n) is 6.81. The molecule has 2 unspecified atom stereocenters. The summed E-state index contributed by atoms with van der Waals surface area (Å²) in [6.07, 6.45) is 6.56. The van der Waals surface area contributed by atoms with E-state index in [0.717, 1.165) is 13.1 Å². The minimum Gasteiger partial charge on any atom is -0.314 e. The van der Waals surface area contributed by atoms with E-state index in [9.17, 15) is 0 Å². The Kier molecular flexibility index (Phi) is 3.82. The molecule has 96 valence electrons. The number of nitrogens with one attached hydrogen (secondary N) is 1. The van der Waals surface area contributed by atoms with Crippen LogP contribution in [0, 0.1) is 0 Å². The van der Waals surface area contributed by atoms with E-state index in [1.807, 2.05) is 4.68 Å². The molecule has 4 nitrogen and oxygen atoms in total. The molecule has 1 heterocycles. The number of hydrogen-bond donors (Lipinski definition) is 1. The lowest BCUT2D eigenvalue weighted by Crippen LogP contribution is -2.31. The Hall–Kier alpha value is -0.900. The van der Waals surface area contributed by atoms with E-state index in [2.05, 4.69) is 36.2 Å². The van der Waals surface area contributed by atoms with E-state index in [-0.39, 0.29) is 5.41 Å². The number of hydrogen-bond acceptors (Lipinski definition) is 3. The van der Waals surface area contributed by atoms with Crippen molar-refractivity contribution in [3.63, 3.8) is 0 Å². The van der Waals surface area contributed by atoms with Crippen molar-refractivity contribution < 1.29 is 0 Å². The molecule has 1 aromatic rings. The third kappa shape index (κ3) is 2.51. The predicted octanol–water partition coefficient (Wildman–Crippen LogP) is 2.11. The molecule has 1 fully saturated rings. The van der Waals surface area contributed by atoms with Crippen molar-refractivity contribution in [1.82, 2.24) is 20.1 Å². The van der Waals surface area contributed by atoms with Crippen molar-refractivity contribution in [3.05, 3.63) is 12.2 Å². The first-order valence-corrected chi connectivity index (χ1v) is 6.81. The van der Waals surface area contributed by atoms with Crippen LogP contribution in [0.15, 0.2) is 6.33 Å². The zero-order valence-electron chi connectivity index (χ0n) is 11.2. The maximum atomic E-state index is 4.48. The smallest absolute Gasteiger partial charge is 0.138 e. The Balaban J connectivity index is 2.06. The number of aryl methyl sites for hydroxylation is 1. The van der Waals surface area contributed by atoms with Crippen LogP contribution in [0.2, 0.25) is 0 Å². The van der Waals surface area contributed by atoms with Crippen molar-refractivity contribution in [1.29, 1.82) is 0 Å². The summed E-state index contributed by atoms with van der Waals surface area (Å²) in [5.41, 5.74) is 0.206. The largest absolute Gasteiger partial charge is 0.314 e. The summed E-state index contributed by atoms with van der Waals surface area (Å²) < 4.78 is 2.04. The Bertz CT molecular complexity index is 360. The SMILES string of the molecule is CCCNC1CCC(C)(c2ncnn2CC)C1. The number of aromatic nitrogens is 3. The van der Waals surface area contributed by atoms with Gasteiger partial charge >= 0.3 is 0 Å². The van der Waals surface area contributed by atoms with E-state index >= 15 is 0 Å². The summed E-state index contributed by atoms with van der Waals surface area (Å²) in [5, 5.41) is 7.93. The highest BCUT2D eigenvalue weighted by Crippen LogP contribution is 2.39. The van der Waals surface area contributed by atoms with Gasteiger partial charge < -0.3 is 5.32 Å². The fourth-order valence-corrected chi connectivity index (χ4v) is 2.93. The Morgan fingerprint density at radius 1 is 1.53 bits per heavy atom. The summed E-state index contributed by atoms with van der Waals surface area (Å²) in [7, 11) is 0. The van der Waals surface area contributed by atoms with E-state index in [4.69, 9.17) is 0 Å². The van der Waals surface area contributed by atoms with Gasteiger partial charge in [-0.3, -0.25) is 0 Å². The monoisotopic (exact) mass is 236 g/mol. The van der Waals surface area contributed by atoms with Crippen LogP contribution >= 0.6 is 0 Å². The molecule has 2 rings (SSSR count). The average molecular weight is 236 g/mol. The second-order valence-electron chi connectivity index (χ2n) is 5.35. The van der Waals surface area contributed by atoms with Crippen LogP contribution < -0.4 is 5.32 Å². The van der Waals surface area contributed by atoms with Crippen molar-refractivity contribution in [2.75, 3.05) is 6.54 Å². The Morgan fingerprint density at radius 2 is 2.35 bits per heavy atom. The van der Waals surface area contributed by atoms with Gasteiger partial charge in [-0.1, -0.05) is 13.8 Å². The minimum atomic E-state index is 0.206. The first-order chi connectivity index (χ1) is 8.19. The second kappa shape index (κ2) is 5.17. The van der Waals surface area contributed by atoms with Gasteiger partial charge in [-0.05, 0) is 39.2 Å². The highest BCUT2D eigenvalue weighted by molar-refractivity contribution is 5.11. The van der Waals surface area contributed by atoms with E-state index in [1.54, 1.807) is 6.33 Å². The van der Waals surface area contributed by atoms with Gasteiger partial charge in [-0.15, -0.1) is 0 Å². The topological polar surface area (TPSA) is 42.7 Å². The second-order valence-corrected chi connectivity index (χ2v) is 5.35. The Morgan fingerprint density at radius 3 is 3.06 bits per heavy atom. The molecule has 1 aliphatic carbocycles. The molecular formula is C13H24N4. The number of rotatable bonds is 5. The van der Waals surface area contributed by atoms with Gasteiger partial charge in [-0.2, -0.15) is 5.10 Å². The molecule has 2 atom stereocenters. The van der Waals surface area contributed by atoms with Gasteiger partial charge in [0.2, 0.25) is 0 Å². The summed E-state index contributed by atoms with van der Waals surface area (Å²) >= 11 is 0. The molecule has 1 saturated carbocycles. The first kappa shape index (κ1) is 12.6. The summed E-state index contributed by atoms with van der Waals surface area (Å²) in [4.78, 5) is 4.48. The van der Waals surface area contributed by atoms with Crippen molar-refractivity contribution >= 4 is 0 Å². The zero-order valence-corrected chi connectivity index (χ0v) is 11.2. The van der Waals surface area contributed by atoms with Crippen LogP contribution in [0.25, 0.3) is 0 Å². The molecular weight excluding hydrogens is 212 g/mol. The maximum absolute atomic E-state index is 4.48. The van der Waals surface area contributed by atoms with Gasteiger partial charge in [0, 0.05) is 18.0 Å². The summed E-state index contributed by atoms with van der Waals surface area (Å²) in [5.74, 6) is 1.17. The lowest BCUT2D eigenvalue weighted by atomic mass is 9.87.